The third-order valence-electron chi connectivity index (χ3n) is 1.63. The van der Waals surface area contributed by atoms with E-state index in [1.807, 2.05) is 13.8 Å². The SMILES string of the molecule is CCOC(=O)c1sc(Br)nc1C(C)C. The molecule has 0 spiro atoms. The summed E-state index contributed by atoms with van der Waals surface area (Å²) < 4.78 is 5.67. The molecule has 0 bridgehead atoms. The Bertz CT molecular complexity index is 336. The Morgan fingerprint density at radius 1 is 1.64 bits per heavy atom. The molecule has 0 saturated carbocycles. The number of carbonyl (C=O) groups excluding carboxylic acids is 1. The number of aromatic nitrogens is 1. The predicted octanol–water partition coefficient (Wildman–Crippen LogP) is 3.21. The highest BCUT2D eigenvalue weighted by atomic mass is 79.9. The number of rotatable bonds is 3. The van der Waals surface area contributed by atoms with Crippen LogP contribution in [0.1, 0.15) is 42.1 Å². The summed E-state index contributed by atoms with van der Waals surface area (Å²) in [4.78, 5) is 16.4. The maximum atomic E-state index is 11.5. The molecule has 1 rings (SSSR count). The number of halogens is 1. The monoisotopic (exact) mass is 277 g/mol. The van der Waals surface area contributed by atoms with Crippen LogP contribution in [0.5, 0.6) is 0 Å². The second kappa shape index (κ2) is 4.89. The zero-order valence-corrected chi connectivity index (χ0v) is 10.7. The minimum Gasteiger partial charge on any atom is -0.462 e. The van der Waals surface area contributed by atoms with Crippen molar-refractivity contribution < 1.29 is 9.53 Å². The fourth-order valence-corrected chi connectivity index (χ4v) is 2.56. The van der Waals surface area contributed by atoms with E-state index in [9.17, 15) is 4.79 Å². The Labute approximate surface area is 95.6 Å². The maximum Gasteiger partial charge on any atom is 0.350 e. The summed E-state index contributed by atoms with van der Waals surface area (Å²) in [5.74, 6) is -0.0450. The molecule has 0 aliphatic carbocycles. The van der Waals surface area contributed by atoms with Crippen molar-refractivity contribution in [3.63, 3.8) is 0 Å². The Hall–Kier alpha value is -0.420. The molecule has 0 aromatic carbocycles. The Morgan fingerprint density at radius 3 is 2.79 bits per heavy atom. The number of ether oxygens (including phenoxy) is 1. The molecular formula is C9H12BrNO2S. The van der Waals surface area contributed by atoms with E-state index >= 15 is 0 Å². The molecule has 1 aromatic rings. The fourth-order valence-electron chi connectivity index (χ4n) is 1.04. The first-order chi connectivity index (χ1) is 6.56. The van der Waals surface area contributed by atoms with Gasteiger partial charge in [0.1, 0.15) is 4.88 Å². The largest absolute Gasteiger partial charge is 0.462 e. The van der Waals surface area contributed by atoms with Crippen LogP contribution in [0.2, 0.25) is 0 Å². The van der Waals surface area contributed by atoms with E-state index in [1.165, 1.54) is 11.3 Å². The lowest BCUT2D eigenvalue weighted by atomic mass is 10.1. The first kappa shape index (κ1) is 11.7. The smallest absolute Gasteiger partial charge is 0.350 e. The first-order valence-electron chi connectivity index (χ1n) is 4.39. The molecule has 0 amide bonds. The summed E-state index contributed by atoms with van der Waals surface area (Å²) in [6.07, 6.45) is 0. The molecule has 78 valence electrons. The third kappa shape index (κ3) is 2.54. The van der Waals surface area contributed by atoms with Crippen LogP contribution < -0.4 is 0 Å². The van der Waals surface area contributed by atoms with Crippen LogP contribution in [0, 0.1) is 0 Å². The molecule has 0 saturated heterocycles. The quantitative estimate of drug-likeness (QED) is 0.797. The van der Waals surface area contributed by atoms with Gasteiger partial charge in [0.2, 0.25) is 0 Å². The minimum absolute atomic E-state index is 0.233. The van der Waals surface area contributed by atoms with Crippen molar-refractivity contribution in [1.82, 2.24) is 4.98 Å². The van der Waals surface area contributed by atoms with E-state index in [4.69, 9.17) is 4.74 Å². The predicted molar refractivity (Wildman–Crippen MR) is 59.9 cm³/mol. The molecule has 1 aromatic heterocycles. The summed E-state index contributed by atoms with van der Waals surface area (Å²) in [6, 6.07) is 0. The molecular weight excluding hydrogens is 266 g/mol. The van der Waals surface area contributed by atoms with Gasteiger partial charge in [0.25, 0.3) is 0 Å². The van der Waals surface area contributed by atoms with Crippen LogP contribution in [0.15, 0.2) is 3.92 Å². The lowest BCUT2D eigenvalue weighted by Crippen LogP contribution is -2.06. The molecule has 0 N–H and O–H groups in total. The van der Waals surface area contributed by atoms with Crippen LogP contribution in [-0.4, -0.2) is 17.6 Å². The number of carbonyl (C=O) groups is 1. The van der Waals surface area contributed by atoms with Gasteiger partial charge in [0.05, 0.1) is 12.3 Å². The number of hydrogen-bond donors (Lipinski definition) is 0. The van der Waals surface area contributed by atoms with Crippen LogP contribution in [0.3, 0.4) is 0 Å². The number of nitrogens with zero attached hydrogens (tertiary/aromatic N) is 1. The average Bonchev–Trinajstić information content (AvgIpc) is 2.48. The van der Waals surface area contributed by atoms with Gasteiger partial charge in [-0.1, -0.05) is 25.2 Å². The highest BCUT2D eigenvalue weighted by molar-refractivity contribution is 9.11. The highest BCUT2D eigenvalue weighted by Gasteiger charge is 2.20. The summed E-state index contributed by atoms with van der Waals surface area (Å²) in [7, 11) is 0. The van der Waals surface area contributed by atoms with Crippen molar-refractivity contribution in [3.05, 3.63) is 14.5 Å². The van der Waals surface area contributed by atoms with Crippen LogP contribution >= 0.6 is 27.3 Å². The van der Waals surface area contributed by atoms with Gasteiger partial charge in [-0.05, 0) is 28.8 Å². The van der Waals surface area contributed by atoms with E-state index in [0.717, 1.165) is 9.61 Å². The zero-order valence-electron chi connectivity index (χ0n) is 8.33. The van der Waals surface area contributed by atoms with Crippen molar-refractivity contribution in [1.29, 1.82) is 0 Å². The first-order valence-corrected chi connectivity index (χ1v) is 6.00. The summed E-state index contributed by atoms with van der Waals surface area (Å²) in [5, 5.41) is 0. The molecule has 0 atom stereocenters. The summed E-state index contributed by atoms with van der Waals surface area (Å²) >= 11 is 4.59. The molecule has 0 aliphatic heterocycles. The van der Waals surface area contributed by atoms with Gasteiger partial charge < -0.3 is 4.74 Å². The average molecular weight is 278 g/mol. The van der Waals surface area contributed by atoms with Gasteiger partial charge in [0.15, 0.2) is 3.92 Å². The summed E-state index contributed by atoms with van der Waals surface area (Å²) in [6.45, 7) is 6.20. The standard InChI is InChI=1S/C9H12BrNO2S/c1-4-13-8(12)7-6(5(2)3)11-9(10)14-7/h5H,4H2,1-3H3. The molecule has 0 radical (unpaired) electrons. The lowest BCUT2D eigenvalue weighted by molar-refractivity contribution is 0.0530. The van der Waals surface area contributed by atoms with Crippen molar-refractivity contribution in [3.8, 4) is 0 Å². The van der Waals surface area contributed by atoms with Crippen molar-refractivity contribution in [2.45, 2.75) is 26.7 Å². The van der Waals surface area contributed by atoms with Crippen molar-refractivity contribution in [2.24, 2.45) is 0 Å². The Morgan fingerprint density at radius 2 is 2.29 bits per heavy atom. The lowest BCUT2D eigenvalue weighted by Gasteiger charge is -2.03. The van der Waals surface area contributed by atoms with E-state index in [-0.39, 0.29) is 11.9 Å². The number of esters is 1. The Kier molecular flexibility index (Phi) is 4.07. The van der Waals surface area contributed by atoms with Crippen molar-refractivity contribution in [2.75, 3.05) is 6.61 Å². The molecule has 0 aliphatic rings. The van der Waals surface area contributed by atoms with Gasteiger partial charge in [-0.15, -0.1) is 0 Å². The Balaban J connectivity index is 3.00. The fraction of sp³-hybridized carbons (Fsp3) is 0.556. The molecule has 1 heterocycles. The third-order valence-corrected chi connectivity index (χ3v) is 3.14. The molecule has 0 unspecified atom stereocenters. The van der Waals surface area contributed by atoms with Gasteiger partial charge in [-0.3, -0.25) is 0 Å². The second-order valence-corrected chi connectivity index (χ2v) is 5.33. The molecule has 5 heteroatoms. The minimum atomic E-state index is -0.278. The van der Waals surface area contributed by atoms with E-state index < -0.39 is 0 Å². The van der Waals surface area contributed by atoms with Crippen LogP contribution in [0.25, 0.3) is 0 Å². The van der Waals surface area contributed by atoms with Gasteiger partial charge in [0, 0.05) is 0 Å². The van der Waals surface area contributed by atoms with Crippen LogP contribution in [0.4, 0.5) is 0 Å². The van der Waals surface area contributed by atoms with E-state index in [1.54, 1.807) is 6.92 Å². The van der Waals surface area contributed by atoms with Crippen molar-refractivity contribution >= 4 is 33.2 Å². The molecule has 14 heavy (non-hydrogen) atoms. The topological polar surface area (TPSA) is 39.2 Å². The van der Waals surface area contributed by atoms with E-state index in [0.29, 0.717) is 11.5 Å². The second-order valence-electron chi connectivity index (χ2n) is 3.06. The van der Waals surface area contributed by atoms with Gasteiger partial charge >= 0.3 is 5.97 Å². The maximum absolute atomic E-state index is 11.5. The van der Waals surface area contributed by atoms with Gasteiger partial charge in [-0.2, -0.15) is 0 Å². The highest BCUT2D eigenvalue weighted by Crippen LogP contribution is 2.28. The van der Waals surface area contributed by atoms with E-state index in [2.05, 4.69) is 20.9 Å². The van der Waals surface area contributed by atoms with Crippen LogP contribution in [-0.2, 0) is 4.74 Å². The van der Waals surface area contributed by atoms with Gasteiger partial charge in [-0.25, -0.2) is 9.78 Å². The molecule has 3 nitrogen and oxygen atoms in total. The number of hydrogen-bond acceptors (Lipinski definition) is 4. The number of thiazole rings is 1. The molecule has 0 fully saturated rings. The normalized spacial score (nSPS) is 10.6. The summed E-state index contributed by atoms with van der Waals surface area (Å²) in [5.41, 5.74) is 0.806. The zero-order chi connectivity index (χ0) is 10.7.